The van der Waals surface area contributed by atoms with Crippen LogP contribution >= 0.6 is 11.8 Å². The zero-order valence-corrected chi connectivity index (χ0v) is 10.2. The molecule has 0 radical (unpaired) electrons. The first kappa shape index (κ1) is 12.1. The molecule has 3 heteroatoms. The molecule has 0 N–H and O–H groups in total. The van der Waals surface area contributed by atoms with Gasteiger partial charge in [0.25, 0.3) is 0 Å². The molecule has 88 valence electrons. The minimum Gasteiger partial charge on any atom is -0.207 e. The Balaban J connectivity index is 2.36. The largest absolute Gasteiger partial charge is 0.207 e. The summed E-state index contributed by atoms with van der Waals surface area (Å²) in [5.41, 5.74) is 1.87. The second-order valence-electron chi connectivity index (χ2n) is 3.72. The highest BCUT2D eigenvalue weighted by atomic mass is 32.2. The maximum atomic E-state index is 13.2. The maximum Gasteiger partial charge on any atom is 0.123 e. The molecular weight excluding hydrogens is 238 g/mol. The van der Waals surface area contributed by atoms with Gasteiger partial charge in [-0.25, -0.2) is 8.78 Å². The molecular formula is C14H12F2S. The van der Waals surface area contributed by atoms with Crippen LogP contribution in [0.3, 0.4) is 0 Å². The number of hydrogen-bond donors (Lipinski definition) is 0. The van der Waals surface area contributed by atoms with E-state index in [1.54, 1.807) is 30.0 Å². The van der Waals surface area contributed by atoms with Gasteiger partial charge in [0.2, 0.25) is 0 Å². The van der Waals surface area contributed by atoms with E-state index in [0.717, 1.165) is 11.1 Å². The highest BCUT2D eigenvalue weighted by Crippen LogP contribution is 2.33. The van der Waals surface area contributed by atoms with Crippen molar-refractivity contribution >= 4 is 11.8 Å². The summed E-state index contributed by atoms with van der Waals surface area (Å²) in [6.07, 6.45) is 1.96. The normalized spacial score (nSPS) is 12.4. The van der Waals surface area contributed by atoms with Gasteiger partial charge in [0.15, 0.2) is 0 Å². The number of halogens is 2. The van der Waals surface area contributed by atoms with Crippen molar-refractivity contribution in [1.82, 2.24) is 0 Å². The Morgan fingerprint density at radius 1 is 0.882 bits per heavy atom. The molecule has 0 aliphatic rings. The van der Waals surface area contributed by atoms with Crippen molar-refractivity contribution in [3.05, 3.63) is 71.3 Å². The van der Waals surface area contributed by atoms with Crippen LogP contribution in [-0.2, 0) is 0 Å². The lowest BCUT2D eigenvalue weighted by molar-refractivity contribution is 0.624. The van der Waals surface area contributed by atoms with E-state index in [-0.39, 0.29) is 16.9 Å². The molecule has 17 heavy (non-hydrogen) atoms. The Labute approximate surface area is 104 Å². The van der Waals surface area contributed by atoms with Crippen LogP contribution in [0.5, 0.6) is 0 Å². The first-order valence-electron chi connectivity index (χ1n) is 5.24. The second-order valence-corrected chi connectivity index (χ2v) is 4.67. The SMILES string of the molecule is CSC(c1ccc(F)cc1)c1cccc(F)c1. The predicted molar refractivity (Wildman–Crippen MR) is 68.2 cm³/mol. The Hall–Kier alpha value is -1.35. The molecule has 0 heterocycles. The fourth-order valence-corrected chi connectivity index (χ4v) is 2.62. The lowest BCUT2D eigenvalue weighted by atomic mass is 10.0. The van der Waals surface area contributed by atoms with Crippen molar-refractivity contribution in [2.24, 2.45) is 0 Å². The number of benzene rings is 2. The second kappa shape index (κ2) is 5.32. The third-order valence-electron chi connectivity index (χ3n) is 2.56. The molecule has 0 aliphatic carbocycles. The Bertz CT molecular complexity index is 494. The van der Waals surface area contributed by atoms with E-state index in [1.807, 2.05) is 12.3 Å². The summed E-state index contributed by atoms with van der Waals surface area (Å²) in [7, 11) is 0. The van der Waals surface area contributed by atoms with Gasteiger partial charge in [0, 0.05) is 0 Å². The van der Waals surface area contributed by atoms with Crippen LogP contribution in [0.2, 0.25) is 0 Å². The van der Waals surface area contributed by atoms with Gasteiger partial charge < -0.3 is 0 Å². The van der Waals surface area contributed by atoms with E-state index < -0.39 is 0 Å². The van der Waals surface area contributed by atoms with Crippen molar-refractivity contribution in [3.63, 3.8) is 0 Å². The molecule has 2 aromatic carbocycles. The zero-order chi connectivity index (χ0) is 12.3. The van der Waals surface area contributed by atoms with Gasteiger partial charge in [-0.15, -0.1) is 0 Å². The fourth-order valence-electron chi connectivity index (χ4n) is 1.77. The van der Waals surface area contributed by atoms with Gasteiger partial charge in [-0.3, -0.25) is 0 Å². The number of thioether (sulfide) groups is 1. The third-order valence-corrected chi connectivity index (χ3v) is 3.58. The van der Waals surface area contributed by atoms with Crippen LogP contribution in [0.4, 0.5) is 8.78 Å². The predicted octanol–water partition coefficient (Wildman–Crippen LogP) is 4.42. The van der Waals surface area contributed by atoms with Crippen LogP contribution < -0.4 is 0 Å². The van der Waals surface area contributed by atoms with Gasteiger partial charge in [-0.1, -0.05) is 24.3 Å². The van der Waals surface area contributed by atoms with Crippen LogP contribution in [0.15, 0.2) is 48.5 Å². The minimum absolute atomic E-state index is 0.0336. The summed E-state index contributed by atoms with van der Waals surface area (Å²) in [6, 6.07) is 12.8. The molecule has 0 fully saturated rings. The average Bonchev–Trinajstić information content (AvgIpc) is 2.33. The zero-order valence-electron chi connectivity index (χ0n) is 9.36. The molecule has 1 atom stereocenters. The first-order valence-corrected chi connectivity index (χ1v) is 6.53. The van der Waals surface area contributed by atoms with Crippen molar-refractivity contribution in [2.45, 2.75) is 5.25 Å². The molecule has 0 bridgehead atoms. The molecule has 0 aromatic heterocycles. The molecule has 0 spiro atoms. The van der Waals surface area contributed by atoms with E-state index in [2.05, 4.69) is 0 Å². The van der Waals surface area contributed by atoms with Gasteiger partial charge in [0.05, 0.1) is 5.25 Å². The van der Waals surface area contributed by atoms with Gasteiger partial charge in [0.1, 0.15) is 11.6 Å². The summed E-state index contributed by atoms with van der Waals surface area (Å²) in [4.78, 5) is 0. The quantitative estimate of drug-likeness (QED) is 0.777. The van der Waals surface area contributed by atoms with Gasteiger partial charge in [-0.2, -0.15) is 11.8 Å². The van der Waals surface area contributed by atoms with E-state index >= 15 is 0 Å². The minimum atomic E-state index is -0.257. The van der Waals surface area contributed by atoms with Crippen LogP contribution in [0, 0.1) is 11.6 Å². The highest BCUT2D eigenvalue weighted by Gasteiger charge is 2.13. The smallest absolute Gasteiger partial charge is 0.123 e. The van der Waals surface area contributed by atoms with E-state index in [1.165, 1.54) is 24.3 Å². The summed E-state index contributed by atoms with van der Waals surface area (Å²) in [5, 5.41) is 0.0336. The fraction of sp³-hybridized carbons (Fsp3) is 0.143. The average molecular weight is 250 g/mol. The first-order chi connectivity index (χ1) is 8.20. The topological polar surface area (TPSA) is 0 Å². The molecule has 2 rings (SSSR count). The van der Waals surface area contributed by atoms with Crippen molar-refractivity contribution in [1.29, 1.82) is 0 Å². The molecule has 0 nitrogen and oxygen atoms in total. The van der Waals surface area contributed by atoms with Crippen LogP contribution in [-0.4, -0.2) is 6.26 Å². The monoisotopic (exact) mass is 250 g/mol. The van der Waals surface area contributed by atoms with E-state index in [0.29, 0.717) is 0 Å². The van der Waals surface area contributed by atoms with E-state index in [4.69, 9.17) is 0 Å². The lowest BCUT2D eigenvalue weighted by Crippen LogP contribution is -1.96. The Kier molecular flexibility index (Phi) is 3.79. The Morgan fingerprint density at radius 2 is 1.59 bits per heavy atom. The highest BCUT2D eigenvalue weighted by molar-refractivity contribution is 7.99. The number of rotatable bonds is 3. The van der Waals surface area contributed by atoms with Crippen molar-refractivity contribution < 1.29 is 8.78 Å². The third kappa shape index (κ3) is 2.86. The van der Waals surface area contributed by atoms with E-state index in [9.17, 15) is 8.78 Å². The van der Waals surface area contributed by atoms with Gasteiger partial charge >= 0.3 is 0 Å². The molecule has 1 unspecified atom stereocenters. The lowest BCUT2D eigenvalue weighted by Gasteiger charge is -2.15. The van der Waals surface area contributed by atoms with Crippen molar-refractivity contribution in [2.75, 3.05) is 6.26 Å². The summed E-state index contributed by atoms with van der Waals surface area (Å²) < 4.78 is 26.0. The molecule has 0 saturated heterocycles. The molecule has 0 amide bonds. The summed E-state index contributed by atoms with van der Waals surface area (Å²) >= 11 is 1.60. The maximum absolute atomic E-state index is 13.2. The van der Waals surface area contributed by atoms with Gasteiger partial charge in [-0.05, 0) is 41.6 Å². The molecule has 0 aliphatic heterocycles. The summed E-state index contributed by atoms with van der Waals surface area (Å²) in [5.74, 6) is -0.503. The van der Waals surface area contributed by atoms with Crippen molar-refractivity contribution in [3.8, 4) is 0 Å². The molecule has 0 saturated carbocycles. The number of hydrogen-bond acceptors (Lipinski definition) is 1. The standard InChI is InChI=1S/C14H12F2S/c1-17-14(10-5-7-12(15)8-6-10)11-3-2-4-13(16)9-11/h2-9,14H,1H3. The Morgan fingerprint density at radius 3 is 2.18 bits per heavy atom. The van der Waals surface area contributed by atoms with Crippen LogP contribution in [0.1, 0.15) is 16.4 Å². The summed E-state index contributed by atoms with van der Waals surface area (Å²) in [6.45, 7) is 0. The molecule has 2 aromatic rings. The van der Waals surface area contributed by atoms with Crippen LogP contribution in [0.25, 0.3) is 0 Å².